The highest BCUT2D eigenvalue weighted by Crippen LogP contribution is 2.16. The minimum atomic E-state index is -0.211. The Hall–Kier alpha value is -1.39. The number of nitrogens with two attached hydrogens (primary N) is 1. The fourth-order valence-electron chi connectivity index (χ4n) is 2.11. The Balaban J connectivity index is 2.68. The zero-order chi connectivity index (χ0) is 14.3. The number of carbonyl (C=O) groups excluding carboxylic acids is 1. The van der Waals surface area contributed by atoms with Crippen LogP contribution in [0.4, 0.5) is 0 Å². The van der Waals surface area contributed by atoms with Gasteiger partial charge in [0.2, 0.25) is 5.91 Å². The first-order valence-corrected chi connectivity index (χ1v) is 6.94. The van der Waals surface area contributed by atoms with E-state index in [2.05, 4.69) is 36.3 Å². The predicted octanol–water partition coefficient (Wildman–Crippen LogP) is 2.01. The van der Waals surface area contributed by atoms with E-state index in [0.717, 1.165) is 25.2 Å². The quantitative estimate of drug-likeness (QED) is 0.449. The Kier molecular flexibility index (Phi) is 6.53. The molecule has 0 fully saturated rings. The summed E-state index contributed by atoms with van der Waals surface area (Å²) < 4.78 is 0. The van der Waals surface area contributed by atoms with E-state index in [1.165, 1.54) is 12.0 Å². The highest BCUT2D eigenvalue weighted by Gasteiger charge is 2.13. The Bertz CT molecular complexity index is 389. The number of rotatable bonds is 7. The molecule has 0 aliphatic heterocycles. The van der Waals surface area contributed by atoms with Crippen LogP contribution in [-0.2, 0) is 11.3 Å². The number of amides is 1. The average molecular weight is 263 g/mol. The van der Waals surface area contributed by atoms with Crippen molar-refractivity contribution in [3.05, 3.63) is 35.4 Å². The van der Waals surface area contributed by atoms with Crippen molar-refractivity contribution < 1.29 is 4.79 Å². The van der Waals surface area contributed by atoms with Crippen molar-refractivity contribution >= 4 is 5.91 Å². The van der Waals surface area contributed by atoms with Gasteiger partial charge in [0.25, 0.3) is 0 Å². The molecular weight excluding hydrogens is 238 g/mol. The van der Waals surface area contributed by atoms with Crippen LogP contribution in [-0.4, -0.2) is 23.9 Å². The molecule has 0 bridgehead atoms. The maximum atomic E-state index is 11.5. The lowest BCUT2D eigenvalue weighted by molar-refractivity contribution is -0.122. The van der Waals surface area contributed by atoms with E-state index in [4.69, 9.17) is 5.84 Å². The Labute approximate surface area is 115 Å². The fourth-order valence-corrected chi connectivity index (χ4v) is 2.11. The molecule has 0 saturated carbocycles. The molecule has 0 aliphatic rings. The van der Waals surface area contributed by atoms with Crippen LogP contribution >= 0.6 is 0 Å². The molecule has 1 amide bonds. The molecular formula is C15H25N3O. The summed E-state index contributed by atoms with van der Waals surface area (Å²) in [4.78, 5) is 13.9. The van der Waals surface area contributed by atoms with Crippen LogP contribution in [0.3, 0.4) is 0 Å². The van der Waals surface area contributed by atoms with Crippen LogP contribution in [0.5, 0.6) is 0 Å². The molecule has 4 nitrogen and oxygen atoms in total. The average Bonchev–Trinajstić information content (AvgIpc) is 2.45. The van der Waals surface area contributed by atoms with E-state index in [-0.39, 0.29) is 11.8 Å². The molecule has 19 heavy (non-hydrogen) atoms. The van der Waals surface area contributed by atoms with E-state index in [1.54, 1.807) is 0 Å². The van der Waals surface area contributed by atoms with Crippen molar-refractivity contribution in [1.82, 2.24) is 10.3 Å². The molecule has 0 aromatic heterocycles. The lowest BCUT2D eigenvalue weighted by Gasteiger charge is -2.20. The molecule has 0 saturated heterocycles. The summed E-state index contributed by atoms with van der Waals surface area (Å²) in [5, 5.41) is 0. The van der Waals surface area contributed by atoms with E-state index < -0.39 is 0 Å². The zero-order valence-corrected chi connectivity index (χ0v) is 12.1. The van der Waals surface area contributed by atoms with Crippen LogP contribution in [0.2, 0.25) is 0 Å². The first-order valence-electron chi connectivity index (χ1n) is 6.94. The van der Waals surface area contributed by atoms with E-state index in [0.29, 0.717) is 0 Å². The summed E-state index contributed by atoms with van der Waals surface area (Å²) in [5.74, 6) is 4.78. The molecule has 3 N–H and O–H groups in total. The normalized spacial score (nSPS) is 12.5. The third-order valence-electron chi connectivity index (χ3n) is 3.41. The molecule has 0 spiro atoms. The number of nitrogens with one attached hydrogen (secondary N) is 1. The second-order valence-electron chi connectivity index (χ2n) is 4.84. The number of hydrogen-bond acceptors (Lipinski definition) is 3. The van der Waals surface area contributed by atoms with Gasteiger partial charge in [0.1, 0.15) is 0 Å². The molecule has 0 heterocycles. The van der Waals surface area contributed by atoms with E-state index in [1.807, 2.05) is 19.1 Å². The number of hydrogen-bond donors (Lipinski definition) is 2. The van der Waals surface area contributed by atoms with Gasteiger partial charge in [0.15, 0.2) is 0 Å². The Morgan fingerprint density at radius 2 is 1.95 bits per heavy atom. The molecule has 106 valence electrons. The van der Waals surface area contributed by atoms with Gasteiger partial charge in [0, 0.05) is 6.54 Å². The smallest absolute Gasteiger partial charge is 0.241 e. The van der Waals surface area contributed by atoms with Crippen molar-refractivity contribution in [3.8, 4) is 0 Å². The van der Waals surface area contributed by atoms with Crippen LogP contribution in [0.25, 0.3) is 0 Å². The second-order valence-corrected chi connectivity index (χ2v) is 4.84. The summed E-state index contributed by atoms with van der Waals surface area (Å²) >= 11 is 0. The van der Waals surface area contributed by atoms with E-state index >= 15 is 0 Å². The van der Waals surface area contributed by atoms with Gasteiger partial charge in [-0.3, -0.25) is 15.1 Å². The summed E-state index contributed by atoms with van der Waals surface area (Å²) in [6.07, 6.45) is 1.17. The molecule has 0 aliphatic carbocycles. The van der Waals surface area contributed by atoms with Gasteiger partial charge >= 0.3 is 0 Å². The molecule has 1 rings (SSSR count). The predicted molar refractivity (Wildman–Crippen MR) is 78.4 cm³/mol. The highest BCUT2D eigenvalue weighted by molar-refractivity contribution is 5.82. The first-order chi connectivity index (χ1) is 9.12. The van der Waals surface area contributed by atoms with Crippen LogP contribution < -0.4 is 11.3 Å². The highest BCUT2D eigenvalue weighted by atomic mass is 16.2. The largest absolute Gasteiger partial charge is 0.299 e. The molecule has 0 radical (unpaired) electrons. The number of benzene rings is 1. The minimum absolute atomic E-state index is 0.158. The molecule has 1 unspecified atom stereocenters. The second kappa shape index (κ2) is 7.92. The Morgan fingerprint density at radius 3 is 2.42 bits per heavy atom. The van der Waals surface area contributed by atoms with Crippen molar-refractivity contribution in [1.29, 1.82) is 0 Å². The monoisotopic (exact) mass is 263 g/mol. The topological polar surface area (TPSA) is 58.4 Å². The van der Waals surface area contributed by atoms with Gasteiger partial charge < -0.3 is 0 Å². The first kappa shape index (κ1) is 15.7. The van der Waals surface area contributed by atoms with Crippen LogP contribution in [0.15, 0.2) is 24.3 Å². The van der Waals surface area contributed by atoms with Gasteiger partial charge in [-0.1, -0.05) is 38.1 Å². The maximum absolute atomic E-state index is 11.5. The molecule has 1 aromatic rings. The standard InChI is InChI=1S/C15H25N3O/c1-4-10-18(5-2)11-13-6-8-14(9-7-13)12(3)15(19)17-16/h6-9,12H,4-5,10-11,16H2,1-3H3,(H,17,19). The summed E-state index contributed by atoms with van der Waals surface area (Å²) in [6, 6.07) is 8.20. The van der Waals surface area contributed by atoms with Crippen molar-refractivity contribution in [2.75, 3.05) is 13.1 Å². The number of nitrogens with zero attached hydrogens (tertiary/aromatic N) is 1. The third-order valence-corrected chi connectivity index (χ3v) is 3.41. The molecule has 1 atom stereocenters. The molecule has 4 heteroatoms. The fraction of sp³-hybridized carbons (Fsp3) is 0.533. The zero-order valence-electron chi connectivity index (χ0n) is 12.1. The molecule has 1 aromatic carbocycles. The minimum Gasteiger partial charge on any atom is -0.299 e. The summed E-state index contributed by atoms with van der Waals surface area (Å²) in [5.41, 5.74) is 4.46. The van der Waals surface area contributed by atoms with Gasteiger partial charge in [-0.2, -0.15) is 0 Å². The number of hydrazine groups is 1. The maximum Gasteiger partial charge on any atom is 0.241 e. The van der Waals surface area contributed by atoms with Crippen molar-refractivity contribution in [3.63, 3.8) is 0 Å². The SMILES string of the molecule is CCCN(CC)Cc1ccc(C(C)C(=O)NN)cc1. The van der Waals surface area contributed by atoms with Crippen molar-refractivity contribution in [2.45, 2.75) is 39.7 Å². The van der Waals surface area contributed by atoms with Gasteiger partial charge in [-0.05, 0) is 37.6 Å². The third kappa shape index (κ3) is 4.65. The van der Waals surface area contributed by atoms with Crippen molar-refractivity contribution in [2.24, 2.45) is 5.84 Å². The van der Waals surface area contributed by atoms with Crippen LogP contribution in [0.1, 0.15) is 44.2 Å². The lowest BCUT2D eigenvalue weighted by Crippen LogP contribution is -2.33. The number of carbonyl (C=O) groups is 1. The van der Waals surface area contributed by atoms with Crippen LogP contribution in [0, 0.1) is 0 Å². The van der Waals surface area contributed by atoms with E-state index in [9.17, 15) is 4.79 Å². The van der Waals surface area contributed by atoms with Gasteiger partial charge in [-0.25, -0.2) is 5.84 Å². The van der Waals surface area contributed by atoms with Gasteiger partial charge in [0.05, 0.1) is 5.92 Å². The lowest BCUT2D eigenvalue weighted by atomic mass is 9.99. The summed E-state index contributed by atoms with van der Waals surface area (Å²) in [6.45, 7) is 9.36. The Morgan fingerprint density at radius 1 is 1.32 bits per heavy atom. The van der Waals surface area contributed by atoms with Gasteiger partial charge in [-0.15, -0.1) is 0 Å². The summed E-state index contributed by atoms with van der Waals surface area (Å²) in [7, 11) is 0.